The summed E-state index contributed by atoms with van der Waals surface area (Å²) >= 11 is 0. The van der Waals surface area contributed by atoms with Crippen molar-refractivity contribution in [3.8, 4) is 5.88 Å². The highest BCUT2D eigenvalue weighted by atomic mass is 16.3. The maximum Gasteiger partial charge on any atom is 0.233 e. The molecular formula is C11H20N2O. The van der Waals surface area contributed by atoms with E-state index in [1.807, 2.05) is 4.68 Å². The quantitative estimate of drug-likeness (QED) is 0.785. The van der Waals surface area contributed by atoms with Crippen molar-refractivity contribution in [2.45, 2.75) is 53.0 Å². The van der Waals surface area contributed by atoms with E-state index in [1.165, 1.54) is 12.1 Å². The molecule has 0 amide bonds. The Hall–Kier alpha value is -0.990. The minimum atomic E-state index is 0.223. The average molecular weight is 196 g/mol. The highest BCUT2D eigenvalue weighted by Gasteiger charge is 2.13. The van der Waals surface area contributed by atoms with Crippen LogP contribution in [0.15, 0.2) is 0 Å². The zero-order valence-electron chi connectivity index (χ0n) is 9.38. The lowest BCUT2D eigenvalue weighted by atomic mass is 10.1. The molecule has 0 aliphatic rings. The Kier molecular flexibility index (Phi) is 3.98. The second kappa shape index (κ2) is 5.03. The van der Waals surface area contributed by atoms with E-state index < -0.39 is 0 Å². The monoisotopic (exact) mass is 196 g/mol. The van der Waals surface area contributed by atoms with Crippen LogP contribution in [0.4, 0.5) is 0 Å². The van der Waals surface area contributed by atoms with Gasteiger partial charge >= 0.3 is 0 Å². The molecule has 1 aromatic heterocycles. The first kappa shape index (κ1) is 11.1. The molecule has 3 heteroatoms. The van der Waals surface area contributed by atoms with E-state index in [-0.39, 0.29) is 5.88 Å². The number of aromatic nitrogens is 2. The maximum atomic E-state index is 9.61. The predicted molar refractivity (Wildman–Crippen MR) is 57.6 cm³/mol. The Morgan fingerprint density at radius 2 is 2.00 bits per heavy atom. The molecule has 0 unspecified atom stereocenters. The molecule has 1 aromatic rings. The fraction of sp³-hybridized carbons (Fsp3) is 0.727. The van der Waals surface area contributed by atoms with Crippen molar-refractivity contribution in [2.75, 3.05) is 0 Å². The molecule has 3 nitrogen and oxygen atoms in total. The van der Waals surface area contributed by atoms with E-state index in [0.29, 0.717) is 0 Å². The van der Waals surface area contributed by atoms with E-state index >= 15 is 0 Å². The smallest absolute Gasteiger partial charge is 0.233 e. The van der Waals surface area contributed by atoms with Gasteiger partial charge in [-0.05, 0) is 26.2 Å². The summed E-state index contributed by atoms with van der Waals surface area (Å²) in [5, 5.41) is 13.7. The number of rotatable bonds is 5. The van der Waals surface area contributed by atoms with Crippen LogP contribution in [0.1, 0.15) is 44.9 Å². The highest BCUT2D eigenvalue weighted by molar-refractivity contribution is 5.30. The first-order chi connectivity index (χ1) is 6.74. The Balaban J connectivity index is 2.95. The fourth-order valence-corrected chi connectivity index (χ4v) is 1.77. The van der Waals surface area contributed by atoms with Crippen molar-refractivity contribution < 1.29 is 5.11 Å². The molecule has 1 heterocycles. The number of nitrogens with zero attached hydrogens (tertiary/aromatic N) is 2. The highest BCUT2D eigenvalue weighted by Crippen LogP contribution is 2.22. The standard InChI is InChI=1S/C11H20N2O/c1-4-7-8-10-9(5-2)11(14)12-13(10)6-3/h4-8H2,1-3H3,(H,12,14). The lowest BCUT2D eigenvalue weighted by molar-refractivity contribution is 0.434. The minimum Gasteiger partial charge on any atom is -0.492 e. The van der Waals surface area contributed by atoms with Gasteiger partial charge in [-0.1, -0.05) is 20.3 Å². The van der Waals surface area contributed by atoms with Crippen LogP contribution in [-0.4, -0.2) is 14.9 Å². The van der Waals surface area contributed by atoms with Crippen LogP contribution in [0, 0.1) is 0 Å². The third-order valence-corrected chi connectivity index (χ3v) is 2.57. The molecule has 0 saturated heterocycles. The summed E-state index contributed by atoms with van der Waals surface area (Å²) in [6.07, 6.45) is 4.24. The van der Waals surface area contributed by atoms with Crippen molar-refractivity contribution in [1.82, 2.24) is 9.78 Å². The Labute approximate surface area is 85.8 Å². The summed E-state index contributed by atoms with van der Waals surface area (Å²) in [5.74, 6) is 0.223. The molecule has 0 bridgehead atoms. The largest absolute Gasteiger partial charge is 0.492 e. The van der Waals surface area contributed by atoms with Crippen molar-refractivity contribution in [3.05, 3.63) is 11.3 Å². The number of hydrogen-bond acceptors (Lipinski definition) is 2. The Morgan fingerprint density at radius 3 is 2.50 bits per heavy atom. The molecule has 0 fully saturated rings. The fourth-order valence-electron chi connectivity index (χ4n) is 1.77. The second-order valence-electron chi connectivity index (χ2n) is 3.52. The lowest BCUT2D eigenvalue weighted by Gasteiger charge is -2.05. The van der Waals surface area contributed by atoms with Gasteiger partial charge in [0.25, 0.3) is 0 Å². The molecule has 0 aliphatic heterocycles. The van der Waals surface area contributed by atoms with E-state index in [2.05, 4.69) is 25.9 Å². The van der Waals surface area contributed by atoms with Gasteiger partial charge in [-0.15, -0.1) is 5.10 Å². The molecular weight excluding hydrogens is 176 g/mol. The topological polar surface area (TPSA) is 38.1 Å². The first-order valence-corrected chi connectivity index (χ1v) is 5.52. The van der Waals surface area contributed by atoms with E-state index in [0.717, 1.165) is 31.4 Å². The second-order valence-corrected chi connectivity index (χ2v) is 3.52. The van der Waals surface area contributed by atoms with Crippen LogP contribution >= 0.6 is 0 Å². The van der Waals surface area contributed by atoms with Gasteiger partial charge in [0.1, 0.15) is 0 Å². The van der Waals surface area contributed by atoms with E-state index in [1.54, 1.807) is 0 Å². The molecule has 1 N–H and O–H groups in total. The Bertz CT molecular complexity index is 292. The SMILES string of the molecule is CCCCc1c(CC)c(O)nn1CC. The van der Waals surface area contributed by atoms with Gasteiger partial charge in [0.2, 0.25) is 5.88 Å². The molecule has 1 rings (SSSR count). The number of unbranched alkanes of at least 4 members (excludes halogenated alkanes) is 1. The van der Waals surface area contributed by atoms with Crippen molar-refractivity contribution in [3.63, 3.8) is 0 Å². The lowest BCUT2D eigenvalue weighted by Crippen LogP contribution is -2.04. The third kappa shape index (κ3) is 2.08. The zero-order valence-corrected chi connectivity index (χ0v) is 9.38. The van der Waals surface area contributed by atoms with Crippen molar-refractivity contribution >= 4 is 0 Å². The van der Waals surface area contributed by atoms with Gasteiger partial charge in [0, 0.05) is 17.8 Å². The van der Waals surface area contributed by atoms with Crippen LogP contribution in [0.25, 0.3) is 0 Å². The number of aryl methyl sites for hydroxylation is 1. The van der Waals surface area contributed by atoms with E-state index in [4.69, 9.17) is 0 Å². The van der Waals surface area contributed by atoms with Gasteiger partial charge in [-0.2, -0.15) is 0 Å². The normalized spacial score (nSPS) is 10.8. The third-order valence-electron chi connectivity index (χ3n) is 2.57. The Morgan fingerprint density at radius 1 is 1.29 bits per heavy atom. The molecule has 0 radical (unpaired) electrons. The summed E-state index contributed by atoms with van der Waals surface area (Å²) in [6.45, 7) is 7.14. The van der Waals surface area contributed by atoms with Gasteiger partial charge in [0.05, 0.1) is 0 Å². The van der Waals surface area contributed by atoms with E-state index in [9.17, 15) is 5.11 Å². The van der Waals surface area contributed by atoms with Gasteiger partial charge in [-0.25, -0.2) is 0 Å². The van der Waals surface area contributed by atoms with Crippen LogP contribution in [0.2, 0.25) is 0 Å². The van der Waals surface area contributed by atoms with Gasteiger partial charge < -0.3 is 5.11 Å². The van der Waals surface area contributed by atoms with Crippen LogP contribution in [-0.2, 0) is 19.4 Å². The maximum absolute atomic E-state index is 9.61. The predicted octanol–water partition coefficient (Wildman–Crippen LogP) is 2.51. The summed E-state index contributed by atoms with van der Waals surface area (Å²) in [4.78, 5) is 0. The number of aromatic hydroxyl groups is 1. The summed E-state index contributed by atoms with van der Waals surface area (Å²) in [5.41, 5.74) is 2.25. The average Bonchev–Trinajstić information content (AvgIpc) is 2.50. The van der Waals surface area contributed by atoms with Gasteiger partial charge in [-0.3, -0.25) is 4.68 Å². The van der Waals surface area contributed by atoms with Crippen LogP contribution in [0.5, 0.6) is 5.88 Å². The number of hydrogen-bond donors (Lipinski definition) is 1. The van der Waals surface area contributed by atoms with Crippen LogP contribution in [0.3, 0.4) is 0 Å². The molecule has 0 atom stereocenters. The van der Waals surface area contributed by atoms with Crippen molar-refractivity contribution in [2.24, 2.45) is 0 Å². The zero-order chi connectivity index (χ0) is 10.6. The molecule has 80 valence electrons. The first-order valence-electron chi connectivity index (χ1n) is 5.52. The van der Waals surface area contributed by atoms with Crippen LogP contribution < -0.4 is 0 Å². The summed E-state index contributed by atoms with van der Waals surface area (Å²) < 4.78 is 1.92. The molecule has 14 heavy (non-hydrogen) atoms. The molecule has 0 saturated carbocycles. The molecule has 0 spiro atoms. The summed E-state index contributed by atoms with van der Waals surface area (Å²) in [7, 11) is 0. The van der Waals surface area contributed by atoms with Crippen molar-refractivity contribution in [1.29, 1.82) is 0 Å². The molecule has 0 aliphatic carbocycles. The summed E-state index contributed by atoms with van der Waals surface area (Å²) in [6, 6.07) is 0. The van der Waals surface area contributed by atoms with Gasteiger partial charge in [0.15, 0.2) is 0 Å². The minimum absolute atomic E-state index is 0.223. The molecule has 0 aromatic carbocycles.